The Hall–Kier alpha value is -0.120. The summed E-state index contributed by atoms with van der Waals surface area (Å²) in [5, 5.41) is 9.17. The summed E-state index contributed by atoms with van der Waals surface area (Å²) in [6.07, 6.45) is 4.49. The fourth-order valence-corrected chi connectivity index (χ4v) is 1.52. The molecule has 86 valence electrons. The zero-order valence-electron chi connectivity index (χ0n) is 10.1. The van der Waals surface area contributed by atoms with Gasteiger partial charge >= 0.3 is 0 Å². The van der Waals surface area contributed by atoms with Crippen molar-refractivity contribution >= 4 is 0 Å². The third-order valence-electron chi connectivity index (χ3n) is 2.73. The lowest BCUT2D eigenvalue weighted by atomic mass is 10.2. The van der Waals surface area contributed by atoms with Gasteiger partial charge in [-0.2, -0.15) is 4.65 Å². The summed E-state index contributed by atoms with van der Waals surface area (Å²) in [6, 6.07) is 0.191. The normalized spacial score (nSPS) is 14.4. The molecule has 0 fully saturated rings. The molecule has 0 saturated carbocycles. The highest BCUT2D eigenvalue weighted by Gasteiger charge is 2.27. The van der Waals surface area contributed by atoms with Crippen molar-refractivity contribution in [2.24, 2.45) is 0 Å². The number of likely N-dealkylation sites (N-methyl/N-ethyl adjacent to an activating group) is 1. The Labute approximate surface area is 88.2 Å². The van der Waals surface area contributed by atoms with Crippen molar-refractivity contribution in [3.63, 3.8) is 0 Å². The summed E-state index contributed by atoms with van der Waals surface area (Å²) in [5.74, 6) is 0. The van der Waals surface area contributed by atoms with Gasteiger partial charge in [-0.15, -0.1) is 0 Å². The first-order valence-corrected chi connectivity index (χ1v) is 5.67. The number of hydrogen-bond acceptors (Lipinski definition) is 2. The molecule has 1 atom stereocenters. The minimum atomic E-state index is 0.191. The van der Waals surface area contributed by atoms with Gasteiger partial charge in [0.1, 0.15) is 12.6 Å². The van der Waals surface area contributed by atoms with Crippen LogP contribution in [0.2, 0.25) is 0 Å². The number of aliphatic hydroxyl groups is 1. The van der Waals surface area contributed by atoms with E-state index in [0.717, 1.165) is 19.4 Å². The van der Waals surface area contributed by atoms with E-state index in [4.69, 9.17) is 9.94 Å². The molecule has 0 aliphatic heterocycles. The maximum Gasteiger partial charge on any atom is 0.141 e. The lowest BCUT2D eigenvalue weighted by Crippen LogP contribution is -2.50. The van der Waals surface area contributed by atoms with Gasteiger partial charge in [0.25, 0.3) is 0 Å². The van der Waals surface area contributed by atoms with Crippen LogP contribution in [0, 0.1) is 0 Å². The lowest BCUT2D eigenvalue weighted by Gasteiger charge is -2.33. The van der Waals surface area contributed by atoms with Crippen LogP contribution in [0.1, 0.15) is 39.5 Å². The van der Waals surface area contributed by atoms with Gasteiger partial charge in [0.05, 0.1) is 20.7 Å². The van der Waals surface area contributed by atoms with E-state index < -0.39 is 0 Å². The van der Waals surface area contributed by atoms with E-state index in [0.29, 0.717) is 4.65 Å². The molecule has 0 bridgehead atoms. The molecule has 1 N–H and O–H groups in total. The van der Waals surface area contributed by atoms with Crippen LogP contribution in [-0.4, -0.2) is 43.1 Å². The summed E-state index contributed by atoms with van der Waals surface area (Å²) in [6.45, 7) is 5.24. The number of hydrogen-bond donors (Lipinski definition) is 1. The number of nitrogens with zero attached hydrogens (tertiary/aromatic N) is 1. The Bertz CT molecular complexity index is 133. The summed E-state index contributed by atoms with van der Waals surface area (Å²) in [4.78, 5) is 5.75. The van der Waals surface area contributed by atoms with Crippen LogP contribution in [-0.2, 0) is 4.84 Å². The molecule has 0 spiro atoms. The molecule has 14 heavy (non-hydrogen) atoms. The Morgan fingerprint density at radius 3 is 2.29 bits per heavy atom. The van der Waals surface area contributed by atoms with E-state index in [1.54, 1.807) is 0 Å². The Morgan fingerprint density at radius 1 is 1.21 bits per heavy atom. The van der Waals surface area contributed by atoms with Crippen molar-refractivity contribution in [2.45, 2.75) is 45.6 Å². The largest absolute Gasteiger partial charge is 0.390 e. The van der Waals surface area contributed by atoms with Gasteiger partial charge in [0.15, 0.2) is 0 Å². The molecular formula is C11H26NO2+. The first kappa shape index (κ1) is 13.9. The quantitative estimate of drug-likeness (QED) is 0.372. The average molecular weight is 204 g/mol. The highest BCUT2D eigenvalue weighted by Crippen LogP contribution is 2.12. The number of hydroxylamine groups is 3. The van der Waals surface area contributed by atoms with Gasteiger partial charge in [-0.3, -0.25) is 0 Å². The topological polar surface area (TPSA) is 29.5 Å². The maximum atomic E-state index is 9.17. The lowest BCUT2D eigenvalue weighted by molar-refractivity contribution is -1.09. The van der Waals surface area contributed by atoms with Crippen molar-refractivity contribution in [2.75, 3.05) is 27.3 Å². The summed E-state index contributed by atoms with van der Waals surface area (Å²) < 4.78 is 0.469. The van der Waals surface area contributed by atoms with E-state index in [1.165, 1.54) is 12.8 Å². The third kappa shape index (κ3) is 4.94. The van der Waals surface area contributed by atoms with Crippen LogP contribution in [0.4, 0.5) is 0 Å². The van der Waals surface area contributed by atoms with Crippen LogP contribution in [0.3, 0.4) is 0 Å². The number of quaternary nitrogens is 1. The van der Waals surface area contributed by atoms with Crippen LogP contribution in [0.15, 0.2) is 0 Å². The molecule has 0 heterocycles. The van der Waals surface area contributed by atoms with E-state index >= 15 is 0 Å². The molecule has 0 radical (unpaired) electrons. The van der Waals surface area contributed by atoms with Gasteiger partial charge in [0, 0.05) is 6.42 Å². The molecule has 0 aliphatic carbocycles. The predicted molar refractivity (Wildman–Crippen MR) is 58.8 cm³/mol. The first-order chi connectivity index (χ1) is 6.58. The molecule has 3 nitrogen and oxygen atoms in total. The van der Waals surface area contributed by atoms with E-state index in [-0.39, 0.29) is 12.6 Å². The van der Waals surface area contributed by atoms with Crippen molar-refractivity contribution in [3.05, 3.63) is 0 Å². The monoisotopic (exact) mass is 204 g/mol. The molecule has 0 amide bonds. The minimum Gasteiger partial charge on any atom is -0.390 e. The summed E-state index contributed by atoms with van der Waals surface area (Å²) in [5.41, 5.74) is 0. The molecule has 0 saturated heterocycles. The predicted octanol–water partition coefficient (Wildman–Crippen LogP) is 1.96. The average Bonchev–Trinajstić information content (AvgIpc) is 2.14. The molecule has 1 unspecified atom stereocenters. The fourth-order valence-electron chi connectivity index (χ4n) is 1.52. The van der Waals surface area contributed by atoms with Crippen molar-refractivity contribution < 1.29 is 14.6 Å². The Morgan fingerprint density at radius 2 is 1.86 bits per heavy atom. The third-order valence-corrected chi connectivity index (χ3v) is 2.73. The van der Waals surface area contributed by atoms with Crippen LogP contribution < -0.4 is 0 Å². The van der Waals surface area contributed by atoms with Crippen LogP contribution in [0.5, 0.6) is 0 Å². The SMILES string of the molecule is CCCCCO[N+](C)(C)C(CC)CO. The van der Waals surface area contributed by atoms with Gasteiger partial charge in [0.2, 0.25) is 0 Å². The minimum absolute atomic E-state index is 0.191. The fraction of sp³-hybridized carbons (Fsp3) is 1.00. The number of unbranched alkanes of at least 4 members (excludes halogenated alkanes) is 2. The first-order valence-electron chi connectivity index (χ1n) is 5.67. The van der Waals surface area contributed by atoms with Crippen molar-refractivity contribution in [1.82, 2.24) is 0 Å². The molecule has 0 aromatic heterocycles. The van der Waals surface area contributed by atoms with Crippen LogP contribution >= 0.6 is 0 Å². The molecular weight excluding hydrogens is 178 g/mol. The van der Waals surface area contributed by atoms with E-state index in [2.05, 4.69) is 13.8 Å². The number of rotatable bonds is 8. The second kappa shape index (κ2) is 7.21. The Balaban J connectivity index is 3.80. The molecule has 3 heteroatoms. The van der Waals surface area contributed by atoms with Gasteiger partial charge in [-0.25, -0.2) is 4.84 Å². The summed E-state index contributed by atoms with van der Waals surface area (Å²) >= 11 is 0. The van der Waals surface area contributed by atoms with Crippen molar-refractivity contribution in [1.29, 1.82) is 0 Å². The second-order valence-corrected chi connectivity index (χ2v) is 4.22. The standard InChI is InChI=1S/C11H26NO2/c1-5-7-8-9-14-12(3,4)11(6-2)10-13/h11,13H,5-10H2,1-4H3/q+1. The highest BCUT2D eigenvalue weighted by molar-refractivity contribution is 4.49. The van der Waals surface area contributed by atoms with Crippen molar-refractivity contribution in [3.8, 4) is 0 Å². The Kier molecular flexibility index (Phi) is 7.15. The molecule has 0 aromatic rings. The second-order valence-electron chi connectivity index (χ2n) is 4.22. The summed E-state index contributed by atoms with van der Waals surface area (Å²) in [7, 11) is 4.02. The zero-order chi connectivity index (χ0) is 11.0. The molecule has 0 rings (SSSR count). The van der Waals surface area contributed by atoms with Gasteiger partial charge in [-0.1, -0.05) is 26.7 Å². The number of aliphatic hydroxyl groups excluding tert-OH is 1. The smallest absolute Gasteiger partial charge is 0.141 e. The molecule has 0 aromatic carbocycles. The highest BCUT2D eigenvalue weighted by atomic mass is 16.7. The zero-order valence-corrected chi connectivity index (χ0v) is 10.1. The van der Waals surface area contributed by atoms with Gasteiger partial charge < -0.3 is 5.11 Å². The van der Waals surface area contributed by atoms with E-state index in [9.17, 15) is 0 Å². The van der Waals surface area contributed by atoms with Crippen LogP contribution in [0.25, 0.3) is 0 Å². The van der Waals surface area contributed by atoms with E-state index in [1.807, 2.05) is 14.1 Å². The van der Waals surface area contributed by atoms with Gasteiger partial charge in [-0.05, 0) is 6.42 Å². The molecule has 0 aliphatic rings. The maximum absolute atomic E-state index is 9.17.